The first kappa shape index (κ1) is 17.7. The van der Waals surface area contributed by atoms with Crippen molar-refractivity contribution in [3.05, 3.63) is 60.2 Å². The maximum absolute atomic E-state index is 12.4. The predicted molar refractivity (Wildman–Crippen MR) is 89.3 cm³/mol. The largest absolute Gasteiger partial charge is 0.241 e. The standard InChI is InChI=1S/C16H19NO4S2/c1-3-16(13-9-11-14(12-10-13)22(2,18)19)17-23(20,21)15-7-5-4-6-8-15/h4-12,16-17H,3H2,1-2H3. The first-order valence-corrected chi connectivity index (χ1v) is 10.5. The molecule has 0 saturated heterocycles. The molecule has 0 amide bonds. The highest BCUT2D eigenvalue weighted by atomic mass is 32.2. The molecule has 7 heteroatoms. The second-order valence-electron chi connectivity index (χ2n) is 5.24. The van der Waals surface area contributed by atoms with E-state index in [0.29, 0.717) is 6.42 Å². The number of rotatable bonds is 6. The molecule has 0 radical (unpaired) electrons. The molecule has 0 heterocycles. The summed E-state index contributed by atoms with van der Waals surface area (Å²) < 4.78 is 50.4. The van der Waals surface area contributed by atoms with Gasteiger partial charge in [0.2, 0.25) is 10.0 Å². The summed E-state index contributed by atoms with van der Waals surface area (Å²) in [6, 6.07) is 14.0. The summed E-state index contributed by atoms with van der Waals surface area (Å²) in [5, 5.41) is 0. The minimum Gasteiger partial charge on any atom is -0.224 e. The summed E-state index contributed by atoms with van der Waals surface area (Å²) in [7, 11) is -6.90. The van der Waals surface area contributed by atoms with Gasteiger partial charge >= 0.3 is 0 Å². The Morgan fingerprint density at radius 3 is 1.91 bits per heavy atom. The van der Waals surface area contributed by atoms with E-state index < -0.39 is 25.9 Å². The van der Waals surface area contributed by atoms with Crippen molar-refractivity contribution in [1.82, 2.24) is 4.72 Å². The molecule has 0 aromatic heterocycles. The average Bonchev–Trinajstić information content (AvgIpc) is 2.53. The molecule has 1 unspecified atom stereocenters. The monoisotopic (exact) mass is 353 g/mol. The first-order valence-electron chi connectivity index (χ1n) is 7.11. The molecule has 2 aromatic rings. The van der Waals surface area contributed by atoms with Crippen molar-refractivity contribution in [3.8, 4) is 0 Å². The Balaban J connectivity index is 2.27. The third-order valence-electron chi connectivity index (χ3n) is 3.47. The highest BCUT2D eigenvalue weighted by molar-refractivity contribution is 7.90. The van der Waals surface area contributed by atoms with Crippen molar-refractivity contribution in [2.24, 2.45) is 0 Å². The maximum Gasteiger partial charge on any atom is 0.241 e. The fourth-order valence-corrected chi connectivity index (χ4v) is 4.15. The minimum absolute atomic E-state index is 0.200. The van der Waals surface area contributed by atoms with Gasteiger partial charge in [-0.15, -0.1) is 0 Å². The van der Waals surface area contributed by atoms with Crippen LogP contribution in [-0.2, 0) is 19.9 Å². The molecule has 1 N–H and O–H groups in total. The summed E-state index contributed by atoms with van der Waals surface area (Å²) in [6.07, 6.45) is 1.68. The van der Waals surface area contributed by atoms with E-state index in [2.05, 4.69) is 4.72 Å². The zero-order valence-electron chi connectivity index (χ0n) is 12.9. The number of hydrogen-bond acceptors (Lipinski definition) is 4. The van der Waals surface area contributed by atoms with Crippen LogP contribution in [-0.4, -0.2) is 23.1 Å². The van der Waals surface area contributed by atoms with E-state index in [1.165, 1.54) is 24.3 Å². The molecule has 0 bridgehead atoms. The lowest BCUT2D eigenvalue weighted by Crippen LogP contribution is -2.28. The summed E-state index contributed by atoms with van der Waals surface area (Å²) in [4.78, 5) is 0.410. The van der Waals surface area contributed by atoms with E-state index in [0.717, 1.165) is 11.8 Å². The Hall–Kier alpha value is -1.70. The molecule has 0 saturated carbocycles. The molecule has 2 rings (SSSR count). The van der Waals surface area contributed by atoms with Crippen molar-refractivity contribution < 1.29 is 16.8 Å². The Labute approximate surface area is 137 Å². The van der Waals surface area contributed by atoms with E-state index in [9.17, 15) is 16.8 Å². The summed E-state index contributed by atoms with van der Waals surface area (Å²) in [6.45, 7) is 1.86. The van der Waals surface area contributed by atoms with Crippen molar-refractivity contribution in [2.75, 3.05) is 6.26 Å². The average molecular weight is 353 g/mol. The molecule has 124 valence electrons. The van der Waals surface area contributed by atoms with Gasteiger partial charge in [-0.1, -0.05) is 37.3 Å². The lowest BCUT2D eigenvalue weighted by atomic mass is 10.1. The van der Waals surface area contributed by atoms with Gasteiger partial charge in [-0.3, -0.25) is 0 Å². The van der Waals surface area contributed by atoms with E-state index in [4.69, 9.17) is 0 Å². The molecule has 0 fully saturated rings. The van der Waals surface area contributed by atoms with Gasteiger partial charge in [0, 0.05) is 12.3 Å². The summed E-state index contributed by atoms with van der Waals surface area (Å²) >= 11 is 0. The fourth-order valence-electron chi connectivity index (χ4n) is 2.19. The molecule has 0 aliphatic carbocycles. The van der Waals surface area contributed by atoms with E-state index in [1.54, 1.807) is 30.3 Å². The summed E-state index contributed by atoms with van der Waals surface area (Å²) in [5.41, 5.74) is 0.722. The Morgan fingerprint density at radius 1 is 0.870 bits per heavy atom. The highest BCUT2D eigenvalue weighted by Crippen LogP contribution is 2.21. The molecule has 0 aliphatic heterocycles. The zero-order valence-corrected chi connectivity index (χ0v) is 14.6. The van der Waals surface area contributed by atoms with Crippen LogP contribution in [0.25, 0.3) is 0 Å². The number of hydrogen-bond donors (Lipinski definition) is 1. The van der Waals surface area contributed by atoms with Crippen LogP contribution in [0.2, 0.25) is 0 Å². The molecular formula is C16H19NO4S2. The number of sulfone groups is 1. The third-order valence-corrected chi connectivity index (χ3v) is 6.09. The SMILES string of the molecule is CCC(NS(=O)(=O)c1ccccc1)c1ccc(S(C)(=O)=O)cc1. The minimum atomic E-state index is -3.63. The quantitative estimate of drug-likeness (QED) is 0.865. The normalized spacial score (nSPS) is 13.7. The van der Waals surface area contributed by atoms with Crippen molar-refractivity contribution in [2.45, 2.75) is 29.2 Å². The van der Waals surface area contributed by atoms with Gasteiger partial charge < -0.3 is 0 Å². The smallest absolute Gasteiger partial charge is 0.224 e. The zero-order chi connectivity index (χ0) is 17.1. The van der Waals surface area contributed by atoms with Crippen LogP contribution in [0.1, 0.15) is 24.9 Å². The number of nitrogens with one attached hydrogen (secondary N) is 1. The van der Waals surface area contributed by atoms with Gasteiger partial charge in [-0.05, 0) is 36.2 Å². The molecular weight excluding hydrogens is 334 g/mol. The van der Waals surface area contributed by atoms with Crippen LogP contribution < -0.4 is 4.72 Å². The molecule has 23 heavy (non-hydrogen) atoms. The van der Waals surface area contributed by atoms with Gasteiger partial charge in [0.15, 0.2) is 9.84 Å². The Morgan fingerprint density at radius 2 is 1.43 bits per heavy atom. The Kier molecular flexibility index (Phi) is 5.23. The number of sulfonamides is 1. The lowest BCUT2D eigenvalue weighted by Gasteiger charge is -2.18. The van der Waals surface area contributed by atoms with Crippen LogP contribution in [0, 0.1) is 0 Å². The van der Waals surface area contributed by atoms with E-state index in [1.807, 2.05) is 6.92 Å². The Bertz CT molecular complexity index is 858. The van der Waals surface area contributed by atoms with Gasteiger partial charge in [0.25, 0.3) is 0 Å². The van der Waals surface area contributed by atoms with Crippen molar-refractivity contribution in [3.63, 3.8) is 0 Å². The van der Waals surface area contributed by atoms with Crippen molar-refractivity contribution >= 4 is 19.9 Å². The topological polar surface area (TPSA) is 80.3 Å². The van der Waals surface area contributed by atoms with Crippen LogP contribution in [0.15, 0.2) is 64.4 Å². The maximum atomic E-state index is 12.4. The third kappa shape index (κ3) is 4.40. The van der Waals surface area contributed by atoms with Gasteiger partial charge in [-0.2, -0.15) is 0 Å². The van der Waals surface area contributed by atoms with E-state index in [-0.39, 0.29) is 9.79 Å². The van der Waals surface area contributed by atoms with Crippen LogP contribution >= 0.6 is 0 Å². The van der Waals surface area contributed by atoms with Gasteiger partial charge in [0.1, 0.15) is 0 Å². The van der Waals surface area contributed by atoms with Crippen molar-refractivity contribution in [1.29, 1.82) is 0 Å². The predicted octanol–water partition coefficient (Wildman–Crippen LogP) is 2.52. The van der Waals surface area contributed by atoms with Crippen LogP contribution in [0.4, 0.5) is 0 Å². The second-order valence-corrected chi connectivity index (χ2v) is 8.97. The summed E-state index contributed by atoms with van der Waals surface area (Å²) in [5.74, 6) is 0. The first-order chi connectivity index (χ1) is 10.7. The number of benzene rings is 2. The fraction of sp³-hybridized carbons (Fsp3) is 0.250. The lowest BCUT2D eigenvalue weighted by molar-refractivity contribution is 0.549. The molecule has 0 aliphatic rings. The molecule has 5 nitrogen and oxygen atoms in total. The van der Waals surface area contributed by atoms with Crippen LogP contribution in [0.5, 0.6) is 0 Å². The van der Waals surface area contributed by atoms with E-state index >= 15 is 0 Å². The molecule has 2 aromatic carbocycles. The van der Waals surface area contributed by atoms with Gasteiger partial charge in [0.05, 0.1) is 9.79 Å². The molecule has 1 atom stereocenters. The highest BCUT2D eigenvalue weighted by Gasteiger charge is 2.20. The van der Waals surface area contributed by atoms with Crippen LogP contribution in [0.3, 0.4) is 0 Å². The molecule has 0 spiro atoms. The second kappa shape index (κ2) is 6.82. The van der Waals surface area contributed by atoms with Gasteiger partial charge in [-0.25, -0.2) is 21.6 Å².